The number of sulfonamides is 1. The van der Waals surface area contributed by atoms with Crippen LogP contribution in [0.5, 0.6) is 0 Å². The van der Waals surface area contributed by atoms with E-state index in [1.807, 2.05) is 30.3 Å². The average Bonchev–Trinajstić information content (AvgIpc) is 2.34. The van der Waals surface area contributed by atoms with Gasteiger partial charge in [0.25, 0.3) is 0 Å². The maximum atomic E-state index is 11.8. The molecule has 102 valence electrons. The number of nitrogens with one attached hydrogen (secondary N) is 1. The fourth-order valence-corrected chi connectivity index (χ4v) is 2.88. The molecule has 0 aromatic heterocycles. The minimum absolute atomic E-state index is 0.0522. The van der Waals surface area contributed by atoms with Crippen LogP contribution in [-0.4, -0.2) is 21.5 Å². The van der Waals surface area contributed by atoms with Crippen molar-refractivity contribution in [2.75, 3.05) is 13.1 Å². The fraction of sp³-hybridized carbons (Fsp3) is 0.538. The fourth-order valence-electron chi connectivity index (χ4n) is 1.70. The van der Waals surface area contributed by atoms with E-state index in [2.05, 4.69) is 4.72 Å². The molecule has 0 saturated heterocycles. The summed E-state index contributed by atoms with van der Waals surface area (Å²) in [6.45, 7) is 1.22. The van der Waals surface area contributed by atoms with Gasteiger partial charge in [0, 0.05) is 6.54 Å². The van der Waals surface area contributed by atoms with E-state index in [1.165, 1.54) is 0 Å². The Labute approximate surface area is 110 Å². The first-order valence-electron chi connectivity index (χ1n) is 6.35. The van der Waals surface area contributed by atoms with Gasteiger partial charge in [-0.2, -0.15) is 0 Å². The Morgan fingerprint density at radius 3 is 2.33 bits per heavy atom. The summed E-state index contributed by atoms with van der Waals surface area (Å²) in [5.74, 6) is 0.0522. The van der Waals surface area contributed by atoms with Crippen molar-refractivity contribution in [3.05, 3.63) is 35.9 Å². The molecule has 0 radical (unpaired) electrons. The first kappa shape index (κ1) is 15.1. The van der Waals surface area contributed by atoms with Gasteiger partial charge in [0.2, 0.25) is 10.0 Å². The van der Waals surface area contributed by atoms with Crippen molar-refractivity contribution < 1.29 is 8.42 Å². The predicted molar refractivity (Wildman–Crippen MR) is 74.6 cm³/mol. The lowest BCUT2D eigenvalue weighted by Gasteiger charge is -2.06. The summed E-state index contributed by atoms with van der Waals surface area (Å²) in [5, 5.41) is 0. The molecule has 0 heterocycles. The highest BCUT2D eigenvalue weighted by Gasteiger charge is 2.09. The smallest absolute Gasteiger partial charge is 0.215 e. The molecule has 0 atom stereocenters. The van der Waals surface area contributed by atoms with E-state index < -0.39 is 10.0 Å². The van der Waals surface area contributed by atoms with Gasteiger partial charge < -0.3 is 5.73 Å². The van der Waals surface area contributed by atoms with E-state index >= 15 is 0 Å². The molecular weight excluding hydrogens is 248 g/mol. The highest BCUT2D eigenvalue weighted by atomic mass is 32.2. The Kier molecular flexibility index (Phi) is 6.93. The third kappa shape index (κ3) is 6.74. The number of nitrogens with two attached hydrogens (primary N) is 1. The zero-order chi connectivity index (χ0) is 13.3. The summed E-state index contributed by atoms with van der Waals surface area (Å²) in [6, 6.07) is 9.21. The third-order valence-corrected chi connectivity index (χ3v) is 4.01. The largest absolute Gasteiger partial charge is 0.330 e. The van der Waals surface area contributed by atoms with Crippen molar-refractivity contribution >= 4 is 10.0 Å². The second-order valence-electron chi connectivity index (χ2n) is 4.34. The molecule has 0 aliphatic rings. The summed E-state index contributed by atoms with van der Waals surface area (Å²) in [5.41, 5.74) is 6.20. The average molecular weight is 270 g/mol. The molecule has 1 aromatic carbocycles. The van der Waals surface area contributed by atoms with Gasteiger partial charge in [-0.05, 0) is 24.9 Å². The molecule has 0 fully saturated rings. The minimum atomic E-state index is -3.20. The van der Waals surface area contributed by atoms with Crippen molar-refractivity contribution in [3.63, 3.8) is 0 Å². The van der Waals surface area contributed by atoms with Crippen LogP contribution in [0.15, 0.2) is 30.3 Å². The van der Waals surface area contributed by atoms with Crippen LogP contribution in [0.2, 0.25) is 0 Å². The summed E-state index contributed by atoms with van der Waals surface area (Å²) in [7, 11) is -3.20. The van der Waals surface area contributed by atoms with Crippen molar-refractivity contribution in [2.45, 2.75) is 31.4 Å². The molecule has 18 heavy (non-hydrogen) atoms. The van der Waals surface area contributed by atoms with Crippen LogP contribution < -0.4 is 10.5 Å². The van der Waals surface area contributed by atoms with Crippen LogP contribution in [0.3, 0.4) is 0 Å². The van der Waals surface area contributed by atoms with Crippen LogP contribution in [0.1, 0.15) is 31.2 Å². The molecule has 0 saturated carbocycles. The van der Waals surface area contributed by atoms with E-state index in [4.69, 9.17) is 5.73 Å². The number of benzene rings is 1. The van der Waals surface area contributed by atoms with Gasteiger partial charge in [-0.15, -0.1) is 0 Å². The number of hydrogen-bond acceptors (Lipinski definition) is 3. The van der Waals surface area contributed by atoms with E-state index in [0.717, 1.165) is 31.2 Å². The Balaban J connectivity index is 2.24. The molecule has 1 rings (SSSR count). The van der Waals surface area contributed by atoms with Crippen LogP contribution in [0.25, 0.3) is 0 Å². The molecule has 4 nitrogen and oxygen atoms in total. The Hall–Kier alpha value is -0.910. The Morgan fingerprint density at radius 1 is 1.00 bits per heavy atom. The van der Waals surface area contributed by atoms with Crippen molar-refractivity contribution in [1.29, 1.82) is 0 Å². The Morgan fingerprint density at radius 2 is 1.67 bits per heavy atom. The molecule has 3 N–H and O–H groups in total. The molecule has 0 aliphatic carbocycles. The standard InChI is InChI=1S/C13H22N2O2S/c14-10-6-1-2-7-11-15-18(16,17)12-13-8-4-3-5-9-13/h3-5,8-9,15H,1-2,6-7,10-12,14H2. The van der Waals surface area contributed by atoms with E-state index in [-0.39, 0.29) is 5.75 Å². The highest BCUT2D eigenvalue weighted by molar-refractivity contribution is 7.88. The Bertz CT molecular complexity index is 418. The SMILES string of the molecule is NCCCCCCNS(=O)(=O)Cc1ccccc1. The quantitative estimate of drug-likeness (QED) is 0.670. The van der Waals surface area contributed by atoms with Crippen molar-refractivity contribution in [1.82, 2.24) is 4.72 Å². The van der Waals surface area contributed by atoms with Gasteiger partial charge in [0.1, 0.15) is 0 Å². The maximum Gasteiger partial charge on any atom is 0.215 e. The first-order chi connectivity index (χ1) is 8.64. The highest BCUT2D eigenvalue weighted by Crippen LogP contribution is 2.04. The molecule has 0 unspecified atom stereocenters. The van der Waals surface area contributed by atoms with Crippen LogP contribution in [0, 0.1) is 0 Å². The normalized spacial score (nSPS) is 11.6. The van der Waals surface area contributed by atoms with Crippen LogP contribution in [-0.2, 0) is 15.8 Å². The maximum absolute atomic E-state index is 11.8. The van der Waals surface area contributed by atoms with Gasteiger partial charge >= 0.3 is 0 Å². The summed E-state index contributed by atoms with van der Waals surface area (Å²) < 4.78 is 26.1. The molecular formula is C13H22N2O2S. The lowest BCUT2D eigenvalue weighted by atomic mass is 10.2. The number of rotatable bonds is 9. The molecule has 5 heteroatoms. The molecule has 0 bridgehead atoms. The summed E-state index contributed by atoms with van der Waals surface area (Å²) in [6.07, 6.45) is 3.97. The topological polar surface area (TPSA) is 72.2 Å². The zero-order valence-electron chi connectivity index (χ0n) is 10.6. The van der Waals surface area contributed by atoms with Gasteiger partial charge in [-0.25, -0.2) is 13.1 Å². The zero-order valence-corrected chi connectivity index (χ0v) is 11.5. The van der Waals surface area contributed by atoms with Crippen molar-refractivity contribution in [3.8, 4) is 0 Å². The monoisotopic (exact) mass is 270 g/mol. The molecule has 0 aliphatic heterocycles. The van der Waals surface area contributed by atoms with E-state index in [1.54, 1.807) is 0 Å². The van der Waals surface area contributed by atoms with Crippen LogP contribution >= 0.6 is 0 Å². The van der Waals surface area contributed by atoms with Crippen LogP contribution in [0.4, 0.5) is 0 Å². The third-order valence-electron chi connectivity index (χ3n) is 2.65. The van der Waals surface area contributed by atoms with Gasteiger partial charge in [0.05, 0.1) is 5.75 Å². The minimum Gasteiger partial charge on any atom is -0.330 e. The van der Waals surface area contributed by atoms with Crippen molar-refractivity contribution in [2.24, 2.45) is 5.73 Å². The van der Waals surface area contributed by atoms with Gasteiger partial charge in [-0.1, -0.05) is 43.2 Å². The molecule has 0 amide bonds. The second-order valence-corrected chi connectivity index (χ2v) is 6.15. The predicted octanol–water partition coefficient (Wildman–Crippen LogP) is 1.63. The first-order valence-corrected chi connectivity index (χ1v) is 8.00. The summed E-state index contributed by atoms with van der Waals surface area (Å²) in [4.78, 5) is 0. The summed E-state index contributed by atoms with van der Waals surface area (Å²) >= 11 is 0. The van der Waals surface area contributed by atoms with E-state index in [9.17, 15) is 8.42 Å². The lowest BCUT2D eigenvalue weighted by molar-refractivity contribution is 0.571. The van der Waals surface area contributed by atoms with Gasteiger partial charge in [0.15, 0.2) is 0 Å². The molecule has 0 spiro atoms. The lowest BCUT2D eigenvalue weighted by Crippen LogP contribution is -2.26. The van der Waals surface area contributed by atoms with Gasteiger partial charge in [-0.3, -0.25) is 0 Å². The second kappa shape index (κ2) is 8.24. The number of unbranched alkanes of at least 4 members (excludes halogenated alkanes) is 3. The molecule has 1 aromatic rings. The number of hydrogen-bond donors (Lipinski definition) is 2. The van der Waals surface area contributed by atoms with E-state index in [0.29, 0.717) is 13.1 Å².